The first-order chi connectivity index (χ1) is 7.72. The van der Waals surface area contributed by atoms with Crippen LogP contribution in [0.5, 0.6) is 0 Å². The van der Waals surface area contributed by atoms with Crippen molar-refractivity contribution >= 4 is 23.3 Å². The number of rotatable bonds is 3. The summed E-state index contributed by atoms with van der Waals surface area (Å²) in [6.45, 7) is 0. The molecule has 80 valence electrons. The molecule has 0 fully saturated rings. The fourth-order valence-corrected chi connectivity index (χ4v) is 2.26. The normalized spacial score (nSPS) is 10.0. The molecule has 0 amide bonds. The van der Waals surface area contributed by atoms with Crippen LogP contribution in [0, 0.1) is 10.1 Å². The van der Waals surface area contributed by atoms with Gasteiger partial charge in [0.15, 0.2) is 6.29 Å². The van der Waals surface area contributed by atoms with E-state index in [4.69, 9.17) is 0 Å². The highest BCUT2D eigenvalue weighted by molar-refractivity contribution is 7.14. The van der Waals surface area contributed by atoms with Gasteiger partial charge in [0, 0.05) is 22.6 Å². The number of nitrogens with zero attached hydrogens (tertiary/aromatic N) is 1. The minimum absolute atomic E-state index is 0.0490. The van der Waals surface area contributed by atoms with Crippen molar-refractivity contribution < 1.29 is 9.72 Å². The van der Waals surface area contributed by atoms with E-state index in [0.29, 0.717) is 5.56 Å². The van der Waals surface area contributed by atoms with Gasteiger partial charge in [-0.3, -0.25) is 14.9 Å². The molecular weight excluding hydrogens is 226 g/mol. The van der Waals surface area contributed by atoms with Crippen molar-refractivity contribution in [3.8, 4) is 10.4 Å². The van der Waals surface area contributed by atoms with Crippen LogP contribution in [0.4, 0.5) is 5.69 Å². The summed E-state index contributed by atoms with van der Waals surface area (Å²) in [5, 5.41) is 12.3. The van der Waals surface area contributed by atoms with Gasteiger partial charge in [0.2, 0.25) is 0 Å². The monoisotopic (exact) mass is 233 g/mol. The van der Waals surface area contributed by atoms with Crippen LogP contribution in [-0.4, -0.2) is 11.2 Å². The summed E-state index contributed by atoms with van der Waals surface area (Å²) in [6, 6.07) is 7.90. The third-order valence-electron chi connectivity index (χ3n) is 2.16. The van der Waals surface area contributed by atoms with Gasteiger partial charge < -0.3 is 0 Å². The number of benzene rings is 1. The highest BCUT2D eigenvalue weighted by Gasteiger charge is 2.08. The number of carbonyl (C=O) groups is 1. The van der Waals surface area contributed by atoms with E-state index in [2.05, 4.69) is 0 Å². The van der Waals surface area contributed by atoms with E-state index in [1.54, 1.807) is 18.2 Å². The summed E-state index contributed by atoms with van der Waals surface area (Å²) in [5.74, 6) is 0. The van der Waals surface area contributed by atoms with Crippen LogP contribution in [-0.2, 0) is 0 Å². The molecule has 0 N–H and O–H groups in total. The molecule has 0 saturated heterocycles. The second-order valence-corrected chi connectivity index (χ2v) is 4.04. The summed E-state index contributed by atoms with van der Waals surface area (Å²) >= 11 is 1.44. The molecule has 0 spiro atoms. The second-order valence-electron chi connectivity index (χ2n) is 3.13. The molecule has 0 aliphatic heterocycles. The van der Waals surface area contributed by atoms with Gasteiger partial charge in [0.05, 0.1) is 4.92 Å². The number of nitro groups is 1. The first kappa shape index (κ1) is 10.5. The molecule has 0 atom stereocenters. The van der Waals surface area contributed by atoms with Crippen molar-refractivity contribution in [3.63, 3.8) is 0 Å². The maximum absolute atomic E-state index is 10.7. The Hall–Kier alpha value is -2.01. The van der Waals surface area contributed by atoms with Gasteiger partial charge in [-0.25, -0.2) is 0 Å². The van der Waals surface area contributed by atoms with Crippen molar-refractivity contribution in [2.75, 3.05) is 0 Å². The van der Waals surface area contributed by atoms with Crippen LogP contribution in [0.15, 0.2) is 35.7 Å². The topological polar surface area (TPSA) is 60.2 Å². The summed E-state index contributed by atoms with van der Waals surface area (Å²) in [5.41, 5.74) is 1.48. The van der Waals surface area contributed by atoms with E-state index < -0.39 is 4.92 Å². The molecule has 4 nitrogen and oxygen atoms in total. The lowest BCUT2D eigenvalue weighted by Crippen LogP contribution is -1.87. The van der Waals surface area contributed by atoms with E-state index >= 15 is 0 Å². The Balaban J connectivity index is 2.42. The van der Waals surface area contributed by atoms with Gasteiger partial charge in [0.1, 0.15) is 0 Å². The summed E-state index contributed by atoms with van der Waals surface area (Å²) < 4.78 is 0. The van der Waals surface area contributed by atoms with Crippen LogP contribution >= 0.6 is 11.3 Å². The third kappa shape index (κ3) is 1.85. The highest BCUT2D eigenvalue weighted by Crippen LogP contribution is 2.29. The predicted molar refractivity (Wildman–Crippen MR) is 61.8 cm³/mol. The first-order valence-electron chi connectivity index (χ1n) is 4.50. The molecular formula is C11H7NO3S. The molecule has 5 heteroatoms. The zero-order valence-electron chi connectivity index (χ0n) is 8.12. The maximum Gasteiger partial charge on any atom is 0.269 e. The van der Waals surface area contributed by atoms with Crippen LogP contribution in [0.3, 0.4) is 0 Å². The molecule has 0 aliphatic rings. The van der Waals surface area contributed by atoms with E-state index in [-0.39, 0.29) is 5.69 Å². The molecule has 1 aromatic heterocycles. The Labute approximate surface area is 95.3 Å². The lowest BCUT2D eigenvalue weighted by molar-refractivity contribution is -0.384. The minimum Gasteiger partial charge on any atom is -0.298 e. The van der Waals surface area contributed by atoms with Gasteiger partial charge in [-0.1, -0.05) is 0 Å². The molecule has 16 heavy (non-hydrogen) atoms. The number of aldehydes is 1. The lowest BCUT2D eigenvalue weighted by atomic mass is 10.1. The van der Waals surface area contributed by atoms with Crippen molar-refractivity contribution in [2.45, 2.75) is 0 Å². The fourth-order valence-electron chi connectivity index (χ4n) is 1.38. The molecule has 1 aromatic carbocycles. The zero-order chi connectivity index (χ0) is 11.5. The Bertz CT molecular complexity index is 530. The van der Waals surface area contributed by atoms with Crippen LogP contribution < -0.4 is 0 Å². The van der Waals surface area contributed by atoms with Gasteiger partial charge in [0.25, 0.3) is 5.69 Å². The first-order valence-corrected chi connectivity index (χ1v) is 5.38. The Morgan fingerprint density at radius 3 is 2.44 bits per heavy atom. The van der Waals surface area contributed by atoms with E-state index in [0.717, 1.165) is 16.7 Å². The van der Waals surface area contributed by atoms with Crippen molar-refractivity contribution in [2.24, 2.45) is 0 Å². The van der Waals surface area contributed by atoms with Crippen LogP contribution in [0.2, 0.25) is 0 Å². The minimum atomic E-state index is -0.446. The number of non-ortho nitro benzene ring substituents is 1. The number of nitro benzene ring substituents is 1. The van der Waals surface area contributed by atoms with Crippen molar-refractivity contribution in [3.05, 3.63) is 51.4 Å². The molecule has 0 bridgehead atoms. The zero-order valence-corrected chi connectivity index (χ0v) is 8.94. The maximum atomic E-state index is 10.7. The van der Waals surface area contributed by atoms with Crippen molar-refractivity contribution in [1.29, 1.82) is 0 Å². The molecule has 1 heterocycles. The largest absolute Gasteiger partial charge is 0.298 e. The Morgan fingerprint density at radius 2 is 1.88 bits per heavy atom. The third-order valence-corrected chi connectivity index (χ3v) is 3.14. The second kappa shape index (κ2) is 4.24. The number of hydrogen-bond acceptors (Lipinski definition) is 4. The van der Waals surface area contributed by atoms with Crippen LogP contribution in [0.25, 0.3) is 10.4 Å². The van der Waals surface area contributed by atoms with Gasteiger partial charge in [-0.15, -0.1) is 11.3 Å². The van der Waals surface area contributed by atoms with E-state index in [1.165, 1.54) is 23.5 Å². The molecule has 2 rings (SSSR count). The smallest absolute Gasteiger partial charge is 0.269 e. The standard InChI is InChI=1S/C11H7NO3S/c13-7-9-5-6-16-11(9)8-1-3-10(4-2-8)12(14)15/h1-7H. The molecule has 0 unspecified atom stereocenters. The van der Waals surface area contributed by atoms with Crippen LogP contribution in [0.1, 0.15) is 10.4 Å². The number of carbonyl (C=O) groups excluding carboxylic acids is 1. The number of thiophene rings is 1. The predicted octanol–water partition coefficient (Wildman–Crippen LogP) is 3.14. The Kier molecular flexibility index (Phi) is 2.78. The van der Waals surface area contributed by atoms with Gasteiger partial charge in [-0.2, -0.15) is 0 Å². The molecule has 2 aromatic rings. The van der Waals surface area contributed by atoms with Gasteiger partial charge >= 0.3 is 0 Å². The van der Waals surface area contributed by atoms with Gasteiger partial charge in [-0.05, 0) is 29.1 Å². The van der Waals surface area contributed by atoms with Crippen molar-refractivity contribution in [1.82, 2.24) is 0 Å². The highest BCUT2D eigenvalue weighted by atomic mass is 32.1. The SMILES string of the molecule is O=Cc1ccsc1-c1ccc([N+](=O)[O-])cc1. The van der Waals surface area contributed by atoms with E-state index in [1.807, 2.05) is 5.38 Å². The summed E-state index contributed by atoms with van der Waals surface area (Å²) in [6.07, 6.45) is 0.785. The molecule has 0 saturated carbocycles. The average Bonchev–Trinajstić information content (AvgIpc) is 2.77. The average molecular weight is 233 g/mol. The fraction of sp³-hybridized carbons (Fsp3) is 0. The molecule has 0 radical (unpaired) electrons. The number of hydrogen-bond donors (Lipinski definition) is 0. The molecule has 0 aliphatic carbocycles. The summed E-state index contributed by atoms with van der Waals surface area (Å²) in [4.78, 5) is 21.6. The quantitative estimate of drug-likeness (QED) is 0.465. The summed E-state index contributed by atoms with van der Waals surface area (Å²) in [7, 11) is 0. The Morgan fingerprint density at radius 1 is 1.19 bits per heavy atom. The van der Waals surface area contributed by atoms with E-state index in [9.17, 15) is 14.9 Å². The lowest BCUT2D eigenvalue weighted by Gasteiger charge is -1.98.